The van der Waals surface area contributed by atoms with E-state index >= 15 is 0 Å². The van der Waals surface area contributed by atoms with Crippen LogP contribution in [0.4, 0.5) is 11.4 Å². The standard InChI is InChI=1S/C12H14N2O5/c1-3-19-12(16)11(7(2)15)9-5-4-8(13)6-10(9)14(17)18/h4-6,11H,3,13H2,1-2H3/t11-/m1/s1. The number of nitrogens with zero attached hydrogens (tertiary/aromatic N) is 1. The van der Waals surface area contributed by atoms with E-state index in [9.17, 15) is 19.7 Å². The number of hydrogen-bond donors (Lipinski definition) is 1. The number of nitrogen functional groups attached to an aromatic ring is 1. The number of rotatable bonds is 5. The minimum Gasteiger partial charge on any atom is -0.465 e. The van der Waals surface area contributed by atoms with Crippen molar-refractivity contribution in [3.05, 3.63) is 33.9 Å². The maximum Gasteiger partial charge on any atom is 0.321 e. The average Bonchev–Trinajstić information content (AvgIpc) is 2.31. The van der Waals surface area contributed by atoms with Gasteiger partial charge in [0, 0.05) is 11.8 Å². The first-order valence-corrected chi connectivity index (χ1v) is 5.59. The summed E-state index contributed by atoms with van der Waals surface area (Å²) in [5, 5.41) is 11.0. The molecule has 7 nitrogen and oxygen atoms in total. The topological polar surface area (TPSA) is 113 Å². The van der Waals surface area contributed by atoms with Gasteiger partial charge in [0.15, 0.2) is 0 Å². The second kappa shape index (κ2) is 5.94. The molecule has 0 aliphatic rings. The lowest BCUT2D eigenvalue weighted by Gasteiger charge is -2.13. The van der Waals surface area contributed by atoms with Crippen LogP contribution in [-0.4, -0.2) is 23.3 Å². The summed E-state index contributed by atoms with van der Waals surface area (Å²) in [6.45, 7) is 2.86. The van der Waals surface area contributed by atoms with Crippen molar-refractivity contribution in [2.45, 2.75) is 19.8 Å². The third-order valence-corrected chi connectivity index (χ3v) is 2.49. The number of Topliss-reactive ketones (excluding diaryl/α,β-unsaturated/α-hetero) is 1. The van der Waals surface area contributed by atoms with Crippen LogP contribution in [0.3, 0.4) is 0 Å². The maximum absolute atomic E-state index is 11.7. The number of ketones is 1. The first-order valence-electron chi connectivity index (χ1n) is 5.59. The molecule has 0 aromatic heterocycles. The number of nitro groups is 1. The summed E-state index contributed by atoms with van der Waals surface area (Å²) in [5.74, 6) is -2.63. The van der Waals surface area contributed by atoms with Crippen LogP contribution in [-0.2, 0) is 14.3 Å². The second-order valence-electron chi connectivity index (χ2n) is 3.87. The molecule has 0 aliphatic carbocycles. The summed E-state index contributed by atoms with van der Waals surface area (Å²) in [4.78, 5) is 33.6. The first kappa shape index (κ1) is 14.6. The van der Waals surface area contributed by atoms with Crippen molar-refractivity contribution < 1.29 is 19.2 Å². The van der Waals surface area contributed by atoms with Gasteiger partial charge in [-0.25, -0.2) is 0 Å². The summed E-state index contributed by atoms with van der Waals surface area (Å²) in [7, 11) is 0. The molecule has 0 unspecified atom stereocenters. The van der Waals surface area contributed by atoms with Crippen LogP contribution in [0.1, 0.15) is 25.3 Å². The third kappa shape index (κ3) is 3.27. The Bertz CT molecular complexity index is 527. The Balaban J connectivity index is 3.34. The van der Waals surface area contributed by atoms with E-state index in [1.54, 1.807) is 6.92 Å². The summed E-state index contributed by atoms with van der Waals surface area (Å²) in [6.07, 6.45) is 0. The molecule has 2 N–H and O–H groups in total. The molecule has 0 aliphatic heterocycles. The Kier molecular flexibility index (Phi) is 4.57. The molecule has 0 spiro atoms. The minimum atomic E-state index is -1.30. The smallest absolute Gasteiger partial charge is 0.321 e. The van der Waals surface area contributed by atoms with Crippen LogP contribution in [0.2, 0.25) is 0 Å². The number of benzene rings is 1. The number of esters is 1. The minimum absolute atomic E-state index is 0.00912. The zero-order valence-corrected chi connectivity index (χ0v) is 10.6. The molecule has 7 heteroatoms. The summed E-state index contributed by atoms with van der Waals surface area (Å²) in [6, 6.07) is 3.82. The highest BCUT2D eigenvalue weighted by Crippen LogP contribution is 2.30. The molecule has 0 radical (unpaired) electrons. The molecule has 0 amide bonds. The van der Waals surface area contributed by atoms with Gasteiger partial charge in [-0.15, -0.1) is 0 Å². The van der Waals surface area contributed by atoms with Gasteiger partial charge in [-0.2, -0.15) is 0 Å². The molecule has 1 rings (SSSR count). The van der Waals surface area contributed by atoms with Gasteiger partial charge < -0.3 is 10.5 Å². The van der Waals surface area contributed by atoms with Crippen molar-refractivity contribution in [3.8, 4) is 0 Å². The first-order chi connectivity index (χ1) is 8.88. The van der Waals surface area contributed by atoms with Gasteiger partial charge in [0.2, 0.25) is 0 Å². The monoisotopic (exact) mass is 266 g/mol. The van der Waals surface area contributed by atoms with E-state index in [0.29, 0.717) is 0 Å². The fraction of sp³-hybridized carbons (Fsp3) is 0.333. The number of carbonyl (C=O) groups excluding carboxylic acids is 2. The van der Waals surface area contributed by atoms with E-state index in [1.807, 2.05) is 0 Å². The van der Waals surface area contributed by atoms with Crippen LogP contribution in [0, 0.1) is 10.1 Å². The Morgan fingerprint density at radius 1 is 1.47 bits per heavy atom. The van der Waals surface area contributed by atoms with Crippen LogP contribution in [0.5, 0.6) is 0 Å². The molecule has 1 atom stereocenters. The van der Waals surface area contributed by atoms with E-state index in [2.05, 4.69) is 0 Å². The van der Waals surface area contributed by atoms with Crippen molar-refractivity contribution >= 4 is 23.1 Å². The Labute approximate surface area is 109 Å². The lowest BCUT2D eigenvalue weighted by atomic mass is 9.93. The average molecular weight is 266 g/mol. The molecule has 0 saturated heterocycles. The van der Waals surface area contributed by atoms with E-state index < -0.39 is 22.6 Å². The maximum atomic E-state index is 11.7. The van der Waals surface area contributed by atoms with Crippen molar-refractivity contribution in [1.29, 1.82) is 0 Å². The molecule has 19 heavy (non-hydrogen) atoms. The zero-order chi connectivity index (χ0) is 14.6. The van der Waals surface area contributed by atoms with E-state index in [-0.39, 0.29) is 23.5 Å². The molecule has 0 bridgehead atoms. The van der Waals surface area contributed by atoms with E-state index in [4.69, 9.17) is 10.5 Å². The van der Waals surface area contributed by atoms with Gasteiger partial charge in [0.1, 0.15) is 11.7 Å². The highest BCUT2D eigenvalue weighted by molar-refractivity contribution is 6.04. The van der Waals surface area contributed by atoms with Gasteiger partial charge in [0.05, 0.1) is 17.1 Å². The Morgan fingerprint density at radius 2 is 2.11 bits per heavy atom. The number of anilines is 1. The highest BCUT2D eigenvalue weighted by atomic mass is 16.6. The van der Waals surface area contributed by atoms with Crippen LogP contribution in [0.25, 0.3) is 0 Å². The molecular formula is C12H14N2O5. The van der Waals surface area contributed by atoms with Crippen LogP contribution in [0.15, 0.2) is 18.2 Å². The molecule has 0 heterocycles. The number of nitro benzene ring substituents is 1. The van der Waals surface area contributed by atoms with E-state index in [0.717, 1.165) is 6.07 Å². The lowest BCUT2D eigenvalue weighted by Crippen LogP contribution is -2.23. The van der Waals surface area contributed by atoms with Gasteiger partial charge in [-0.05, 0) is 26.0 Å². The van der Waals surface area contributed by atoms with Crippen molar-refractivity contribution in [3.63, 3.8) is 0 Å². The van der Waals surface area contributed by atoms with Gasteiger partial charge in [0.25, 0.3) is 5.69 Å². The fourth-order valence-electron chi connectivity index (χ4n) is 1.70. The van der Waals surface area contributed by atoms with E-state index in [1.165, 1.54) is 19.1 Å². The van der Waals surface area contributed by atoms with Crippen molar-refractivity contribution in [2.24, 2.45) is 0 Å². The summed E-state index contributed by atoms with van der Waals surface area (Å²) >= 11 is 0. The predicted octanol–water partition coefficient (Wildman–Crippen LogP) is 1.41. The molecule has 0 fully saturated rings. The molecular weight excluding hydrogens is 252 g/mol. The number of ether oxygens (including phenoxy) is 1. The van der Waals surface area contributed by atoms with Gasteiger partial charge in [-0.3, -0.25) is 19.7 Å². The molecule has 1 aromatic carbocycles. The number of carbonyl (C=O) groups is 2. The molecule has 1 aromatic rings. The van der Waals surface area contributed by atoms with Gasteiger partial charge >= 0.3 is 5.97 Å². The molecule has 0 saturated carbocycles. The third-order valence-electron chi connectivity index (χ3n) is 2.49. The van der Waals surface area contributed by atoms with Crippen molar-refractivity contribution in [2.75, 3.05) is 12.3 Å². The SMILES string of the molecule is CCOC(=O)[C@H](C(C)=O)c1ccc(N)cc1[N+](=O)[O-]. The Hall–Kier alpha value is -2.44. The fourth-order valence-corrected chi connectivity index (χ4v) is 1.70. The normalized spacial score (nSPS) is 11.7. The predicted molar refractivity (Wildman–Crippen MR) is 67.6 cm³/mol. The van der Waals surface area contributed by atoms with Crippen LogP contribution >= 0.6 is 0 Å². The second-order valence-corrected chi connectivity index (χ2v) is 3.87. The zero-order valence-electron chi connectivity index (χ0n) is 10.6. The number of nitrogens with two attached hydrogens (primary N) is 1. The highest BCUT2D eigenvalue weighted by Gasteiger charge is 2.32. The lowest BCUT2D eigenvalue weighted by molar-refractivity contribution is -0.385. The van der Waals surface area contributed by atoms with Gasteiger partial charge in [-0.1, -0.05) is 0 Å². The quantitative estimate of drug-likeness (QED) is 0.283. The molecule has 102 valence electrons. The number of hydrogen-bond acceptors (Lipinski definition) is 6. The Morgan fingerprint density at radius 3 is 2.58 bits per heavy atom. The van der Waals surface area contributed by atoms with Crippen molar-refractivity contribution in [1.82, 2.24) is 0 Å². The largest absolute Gasteiger partial charge is 0.465 e. The van der Waals surface area contributed by atoms with Crippen LogP contribution < -0.4 is 5.73 Å². The summed E-state index contributed by atoms with van der Waals surface area (Å²) in [5.41, 5.74) is 5.28. The summed E-state index contributed by atoms with van der Waals surface area (Å²) < 4.78 is 4.77.